The second-order valence-electron chi connectivity index (χ2n) is 5.63. The third-order valence-corrected chi connectivity index (χ3v) is 4.46. The first kappa shape index (κ1) is 19.9. The fourth-order valence-electron chi connectivity index (χ4n) is 2.25. The van der Waals surface area contributed by atoms with Crippen molar-refractivity contribution in [3.63, 3.8) is 0 Å². The van der Waals surface area contributed by atoms with Gasteiger partial charge in [-0.2, -0.15) is 13.2 Å². The zero-order chi connectivity index (χ0) is 18.1. The number of nitrogens with one attached hydrogen (secondary N) is 2. The second kappa shape index (κ2) is 9.93. The van der Waals surface area contributed by atoms with Crippen LogP contribution in [0.2, 0.25) is 0 Å². The van der Waals surface area contributed by atoms with Crippen LogP contribution < -0.4 is 10.6 Å². The molecule has 25 heavy (non-hydrogen) atoms. The lowest BCUT2D eigenvalue weighted by molar-refractivity contribution is -0.140. The number of guanidine groups is 1. The van der Waals surface area contributed by atoms with Gasteiger partial charge in [0.25, 0.3) is 0 Å². The molecule has 1 aliphatic rings. The zero-order valence-electron chi connectivity index (χ0n) is 14.1. The molecule has 1 unspecified atom stereocenters. The summed E-state index contributed by atoms with van der Waals surface area (Å²) in [7, 11) is 1.61. The highest BCUT2D eigenvalue weighted by Gasteiger charge is 2.33. The monoisotopic (exact) mass is 380 g/mol. The van der Waals surface area contributed by atoms with E-state index in [4.69, 9.17) is 9.47 Å². The van der Waals surface area contributed by atoms with Gasteiger partial charge in [0.1, 0.15) is 5.01 Å². The third-order valence-electron chi connectivity index (χ3n) is 3.61. The standard InChI is InChI=1S/C15H23F3N4O2S/c1-19-14(20-4-2-5-23-8-11-3-6-24-9-11)21-7-13-22-12(10-25-13)15(16,17)18/h10-11H,2-9H2,1H3,(H2,19,20,21). The minimum Gasteiger partial charge on any atom is -0.381 e. The Balaban J connectivity index is 1.58. The van der Waals surface area contributed by atoms with Crippen LogP contribution in [0.15, 0.2) is 10.4 Å². The van der Waals surface area contributed by atoms with Crippen LogP contribution >= 0.6 is 11.3 Å². The normalized spacial score (nSPS) is 18.6. The Labute approximate surface area is 148 Å². The lowest BCUT2D eigenvalue weighted by Gasteiger charge is -2.12. The molecule has 10 heteroatoms. The first-order valence-corrected chi connectivity index (χ1v) is 8.98. The highest BCUT2D eigenvalue weighted by molar-refractivity contribution is 7.09. The molecule has 1 aromatic heterocycles. The highest BCUT2D eigenvalue weighted by atomic mass is 32.1. The minimum atomic E-state index is -4.40. The van der Waals surface area contributed by atoms with Crippen molar-refractivity contribution < 1.29 is 22.6 Å². The van der Waals surface area contributed by atoms with Crippen LogP contribution in [0.3, 0.4) is 0 Å². The van der Waals surface area contributed by atoms with Gasteiger partial charge >= 0.3 is 6.18 Å². The maximum atomic E-state index is 12.5. The van der Waals surface area contributed by atoms with E-state index in [1.807, 2.05) is 0 Å². The number of hydrogen-bond acceptors (Lipinski definition) is 5. The number of thiazole rings is 1. The maximum Gasteiger partial charge on any atom is 0.434 e. The van der Waals surface area contributed by atoms with E-state index in [1.54, 1.807) is 7.05 Å². The molecule has 2 rings (SSSR count). The highest BCUT2D eigenvalue weighted by Crippen LogP contribution is 2.29. The molecule has 2 heterocycles. The first-order chi connectivity index (χ1) is 12.0. The Hall–Kier alpha value is -1.39. The van der Waals surface area contributed by atoms with E-state index >= 15 is 0 Å². The quantitative estimate of drug-likeness (QED) is 0.411. The lowest BCUT2D eigenvalue weighted by atomic mass is 10.1. The van der Waals surface area contributed by atoms with Gasteiger partial charge in [0.15, 0.2) is 11.7 Å². The molecular weight excluding hydrogens is 357 g/mol. The van der Waals surface area contributed by atoms with Crippen molar-refractivity contribution in [3.05, 3.63) is 16.1 Å². The Morgan fingerprint density at radius 3 is 2.96 bits per heavy atom. The van der Waals surface area contributed by atoms with E-state index in [2.05, 4.69) is 20.6 Å². The number of nitrogens with zero attached hydrogens (tertiary/aromatic N) is 2. The third kappa shape index (κ3) is 7.17. The van der Waals surface area contributed by atoms with Gasteiger partial charge in [-0.1, -0.05) is 0 Å². The van der Waals surface area contributed by atoms with Gasteiger partial charge < -0.3 is 20.1 Å². The molecule has 2 N–H and O–H groups in total. The van der Waals surface area contributed by atoms with E-state index in [0.717, 1.165) is 49.4 Å². The van der Waals surface area contributed by atoms with Crippen molar-refractivity contribution in [1.29, 1.82) is 0 Å². The fraction of sp³-hybridized carbons (Fsp3) is 0.733. The zero-order valence-corrected chi connectivity index (χ0v) is 14.9. The summed E-state index contributed by atoms with van der Waals surface area (Å²) >= 11 is 0.969. The number of alkyl halides is 3. The molecule has 0 spiro atoms. The van der Waals surface area contributed by atoms with Crippen molar-refractivity contribution in [1.82, 2.24) is 15.6 Å². The molecule has 1 aliphatic heterocycles. The molecule has 1 fully saturated rings. The molecule has 0 aromatic carbocycles. The van der Waals surface area contributed by atoms with E-state index in [1.165, 1.54) is 0 Å². The summed E-state index contributed by atoms with van der Waals surface area (Å²) in [6, 6.07) is 0. The van der Waals surface area contributed by atoms with Crippen LogP contribution in [-0.2, 0) is 22.2 Å². The molecule has 0 radical (unpaired) electrons. The molecule has 0 saturated carbocycles. The van der Waals surface area contributed by atoms with Crippen molar-refractivity contribution in [3.8, 4) is 0 Å². The summed E-state index contributed by atoms with van der Waals surface area (Å²) in [5.41, 5.74) is -0.859. The van der Waals surface area contributed by atoms with Gasteiger partial charge in [-0.05, 0) is 12.8 Å². The van der Waals surface area contributed by atoms with Crippen molar-refractivity contribution in [2.24, 2.45) is 10.9 Å². The number of hydrogen-bond donors (Lipinski definition) is 2. The topological polar surface area (TPSA) is 67.8 Å². The van der Waals surface area contributed by atoms with E-state index in [0.29, 0.717) is 30.0 Å². The van der Waals surface area contributed by atoms with Crippen LogP contribution in [0.1, 0.15) is 23.5 Å². The SMILES string of the molecule is CN=C(NCCCOCC1CCOC1)NCc1nc(C(F)(F)F)cs1. The molecular formula is C15H23F3N4O2S. The molecule has 0 aliphatic carbocycles. The summed E-state index contributed by atoms with van der Waals surface area (Å²) in [5, 5.41) is 7.41. The van der Waals surface area contributed by atoms with Crippen molar-refractivity contribution >= 4 is 17.3 Å². The summed E-state index contributed by atoms with van der Waals surface area (Å²) < 4.78 is 48.4. The first-order valence-electron chi connectivity index (χ1n) is 8.10. The molecule has 142 valence electrons. The fourth-order valence-corrected chi connectivity index (χ4v) is 2.99. The molecule has 1 aromatic rings. The summed E-state index contributed by atoms with van der Waals surface area (Å²) in [6.07, 6.45) is -2.54. The Morgan fingerprint density at radius 1 is 1.48 bits per heavy atom. The van der Waals surface area contributed by atoms with Crippen LogP contribution in [-0.4, -0.2) is 51.0 Å². The lowest BCUT2D eigenvalue weighted by Crippen LogP contribution is -2.37. The number of aromatic nitrogens is 1. The summed E-state index contributed by atoms with van der Waals surface area (Å²) in [6.45, 7) is 3.81. The van der Waals surface area contributed by atoms with Crippen LogP contribution in [0, 0.1) is 5.92 Å². The Morgan fingerprint density at radius 2 is 2.32 bits per heavy atom. The molecule has 1 saturated heterocycles. The van der Waals surface area contributed by atoms with Gasteiger partial charge in [-0.15, -0.1) is 11.3 Å². The molecule has 6 nitrogen and oxygen atoms in total. The molecule has 0 amide bonds. The number of aliphatic imine (C=N–C) groups is 1. The Bertz CT molecular complexity index is 545. The van der Waals surface area contributed by atoms with Crippen LogP contribution in [0.25, 0.3) is 0 Å². The minimum absolute atomic E-state index is 0.193. The maximum absolute atomic E-state index is 12.5. The number of ether oxygens (including phenoxy) is 2. The van der Waals surface area contributed by atoms with Gasteiger partial charge in [-0.3, -0.25) is 4.99 Å². The largest absolute Gasteiger partial charge is 0.434 e. The van der Waals surface area contributed by atoms with Crippen molar-refractivity contribution in [2.75, 3.05) is 40.0 Å². The molecule has 0 bridgehead atoms. The predicted octanol–water partition coefficient (Wildman–Crippen LogP) is 2.27. The second-order valence-corrected chi connectivity index (χ2v) is 6.58. The van der Waals surface area contributed by atoms with Gasteiger partial charge in [-0.25, -0.2) is 4.98 Å². The van der Waals surface area contributed by atoms with Gasteiger partial charge in [0.2, 0.25) is 0 Å². The van der Waals surface area contributed by atoms with E-state index in [9.17, 15) is 13.2 Å². The van der Waals surface area contributed by atoms with Gasteiger partial charge in [0, 0.05) is 38.1 Å². The molecule has 1 atom stereocenters. The van der Waals surface area contributed by atoms with Crippen molar-refractivity contribution in [2.45, 2.75) is 25.6 Å². The van der Waals surface area contributed by atoms with Gasteiger partial charge in [0.05, 0.1) is 19.8 Å². The smallest absolute Gasteiger partial charge is 0.381 e. The van der Waals surface area contributed by atoms with E-state index < -0.39 is 11.9 Å². The van der Waals surface area contributed by atoms with Crippen LogP contribution in [0.5, 0.6) is 0 Å². The predicted molar refractivity (Wildman–Crippen MR) is 89.7 cm³/mol. The summed E-state index contributed by atoms with van der Waals surface area (Å²) in [4.78, 5) is 7.60. The Kier molecular flexibility index (Phi) is 7.91. The van der Waals surface area contributed by atoms with E-state index in [-0.39, 0.29) is 6.54 Å². The summed E-state index contributed by atoms with van der Waals surface area (Å²) in [5.74, 6) is 1.02. The number of halogens is 3. The van der Waals surface area contributed by atoms with Crippen LogP contribution in [0.4, 0.5) is 13.2 Å². The average Bonchev–Trinajstić information content (AvgIpc) is 3.24. The number of rotatable bonds is 8. The average molecular weight is 380 g/mol.